The Morgan fingerprint density at radius 3 is 2.82 bits per heavy atom. The molecule has 5 nitrogen and oxygen atoms in total. The third-order valence-corrected chi connectivity index (χ3v) is 6.28. The van der Waals surface area contributed by atoms with E-state index in [9.17, 15) is 4.79 Å². The first-order chi connectivity index (χ1) is 13.6. The first-order valence-electron chi connectivity index (χ1n) is 10.2. The molecule has 2 aromatic rings. The average molecular weight is 399 g/mol. The molecular formula is C22H30N4OS. The molecule has 1 aromatic heterocycles. The summed E-state index contributed by atoms with van der Waals surface area (Å²) >= 11 is 1.47. The molecule has 0 aliphatic heterocycles. The van der Waals surface area contributed by atoms with Gasteiger partial charge in [-0.15, -0.1) is 10.2 Å². The Labute approximate surface area is 172 Å². The quantitative estimate of drug-likeness (QED) is 0.514. The van der Waals surface area contributed by atoms with Gasteiger partial charge >= 0.3 is 0 Å². The minimum Gasteiger partial charge on any atom is -0.355 e. The topological polar surface area (TPSA) is 59.8 Å². The molecule has 0 spiro atoms. The number of allylic oxidation sites excluding steroid dienone is 1. The minimum atomic E-state index is -0.209. The Morgan fingerprint density at radius 2 is 2.11 bits per heavy atom. The fourth-order valence-corrected chi connectivity index (χ4v) is 4.45. The van der Waals surface area contributed by atoms with Crippen LogP contribution in [0.5, 0.6) is 0 Å². The van der Waals surface area contributed by atoms with Crippen molar-refractivity contribution in [2.24, 2.45) is 0 Å². The lowest BCUT2D eigenvalue weighted by molar-refractivity contribution is -0.120. The van der Waals surface area contributed by atoms with Crippen LogP contribution in [0.4, 0.5) is 0 Å². The van der Waals surface area contributed by atoms with Gasteiger partial charge in [0.1, 0.15) is 0 Å². The van der Waals surface area contributed by atoms with Crippen LogP contribution in [0, 0.1) is 6.92 Å². The van der Waals surface area contributed by atoms with Crippen molar-refractivity contribution in [3.8, 4) is 11.4 Å². The van der Waals surface area contributed by atoms with E-state index in [1.807, 2.05) is 19.1 Å². The van der Waals surface area contributed by atoms with Gasteiger partial charge in [-0.2, -0.15) is 0 Å². The monoisotopic (exact) mass is 398 g/mol. The average Bonchev–Trinajstić information content (AvgIpc) is 3.11. The van der Waals surface area contributed by atoms with Crippen molar-refractivity contribution < 1.29 is 4.79 Å². The van der Waals surface area contributed by atoms with Gasteiger partial charge in [-0.05, 0) is 58.4 Å². The lowest BCUT2D eigenvalue weighted by Gasteiger charge is -2.15. The summed E-state index contributed by atoms with van der Waals surface area (Å²) in [6.45, 7) is 7.57. The van der Waals surface area contributed by atoms with Crippen molar-refractivity contribution in [1.82, 2.24) is 20.1 Å². The molecule has 28 heavy (non-hydrogen) atoms. The molecule has 1 N–H and O–H groups in total. The maximum Gasteiger partial charge on any atom is 0.233 e. The Morgan fingerprint density at radius 1 is 1.29 bits per heavy atom. The second-order valence-corrected chi connectivity index (χ2v) is 8.58. The minimum absolute atomic E-state index is 0.0597. The van der Waals surface area contributed by atoms with Gasteiger partial charge in [0.2, 0.25) is 5.91 Å². The third-order valence-electron chi connectivity index (χ3n) is 5.20. The van der Waals surface area contributed by atoms with Crippen molar-refractivity contribution >= 4 is 17.7 Å². The van der Waals surface area contributed by atoms with Crippen LogP contribution in [-0.4, -0.2) is 32.5 Å². The molecule has 150 valence electrons. The van der Waals surface area contributed by atoms with Crippen LogP contribution < -0.4 is 5.32 Å². The number of hydrogen-bond donors (Lipinski definition) is 1. The molecule has 3 rings (SSSR count). The van der Waals surface area contributed by atoms with Crippen molar-refractivity contribution in [3.63, 3.8) is 0 Å². The molecule has 0 saturated carbocycles. The van der Waals surface area contributed by atoms with Crippen molar-refractivity contribution in [2.45, 2.75) is 69.8 Å². The van der Waals surface area contributed by atoms with E-state index in [1.165, 1.54) is 48.6 Å². The SMILES string of the molecule is CCn1c(S[C@H](C)C(=O)NCCC2=CCCCC2)nnc1-c1ccccc1C. The number of benzene rings is 1. The summed E-state index contributed by atoms with van der Waals surface area (Å²) in [4.78, 5) is 12.5. The summed E-state index contributed by atoms with van der Waals surface area (Å²) < 4.78 is 2.09. The molecule has 1 atom stereocenters. The largest absolute Gasteiger partial charge is 0.355 e. The molecular weight excluding hydrogens is 368 g/mol. The summed E-state index contributed by atoms with van der Waals surface area (Å²) in [5, 5.41) is 12.4. The third kappa shape index (κ3) is 5.04. The van der Waals surface area contributed by atoms with Crippen LogP contribution in [0.15, 0.2) is 41.1 Å². The number of amides is 1. The van der Waals surface area contributed by atoms with Gasteiger partial charge < -0.3 is 9.88 Å². The van der Waals surface area contributed by atoms with E-state index in [-0.39, 0.29) is 11.2 Å². The molecule has 1 aliphatic carbocycles. The summed E-state index contributed by atoms with van der Waals surface area (Å²) in [5.74, 6) is 0.921. The van der Waals surface area contributed by atoms with Crippen molar-refractivity contribution in [2.75, 3.05) is 6.54 Å². The van der Waals surface area contributed by atoms with Crippen LogP contribution in [-0.2, 0) is 11.3 Å². The molecule has 0 radical (unpaired) electrons. The number of thioether (sulfide) groups is 1. The molecule has 1 aromatic carbocycles. The molecule has 0 bridgehead atoms. The highest BCUT2D eigenvalue weighted by atomic mass is 32.2. The van der Waals surface area contributed by atoms with Gasteiger partial charge in [0.15, 0.2) is 11.0 Å². The van der Waals surface area contributed by atoms with E-state index in [2.05, 4.69) is 52.1 Å². The van der Waals surface area contributed by atoms with Crippen molar-refractivity contribution in [3.05, 3.63) is 41.5 Å². The van der Waals surface area contributed by atoms with Gasteiger partial charge in [0, 0.05) is 18.7 Å². The Balaban J connectivity index is 1.60. The molecule has 0 fully saturated rings. The van der Waals surface area contributed by atoms with E-state index in [4.69, 9.17) is 0 Å². The van der Waals surface area contributed by atoms with Gasteiger partial charge in [-0.25, -0.2) is 0 Å². The number of carbonyl (C=O) groups excluding carboxylic acids is 1. The first kappa shape index (κ1) is 20.6. The van der Waals surface area contributed by atoms with Gasteiger partial charge in [0.25, 0.3) is 0 Å². The van der Waals surface area contributed by atoms with E-state index >= 15 is 0 Å². The van der Waals surface area contributed by atoms with E-state index in [0.717, 1.165) is 29.5 Å². The van der Waals surface area contributed by atoms with Crippen LogP contribution >= 0.6 is 11.8 Å². The maximum absolute atomic E-state index is 12.5. The van der Waals surface area contributed by atoms with Crippen LogP contribution in [0.25, 0.3) is 11.4 Å². The summed E-state index contributed by atoms with van der Waals surface area (Å²) in [6, 6.07) is 8.18. The summed E-state index contributed by atoms with van der Waals surface area (Å²) in [5.41, 5.74) is 3.74. The lowest BCUT2D eigenvalue weighted by atomic mass is 9.97. The number of hydrogen-bond acceptors (Lipinski definition) is 4. The summed E-state index contributed by atoms with van der Waals surface area (Å²) in [6.07, 6.45) is 8.25. The standard InChI is InChI=1S/C22H30N4OS/c1-4-26-20(19-13-9-8-10-16(19)2)24-25-22(26)28-17(3)21(27)23-15-14-18-11-6-5-7-12-18/h8-11,13,17H,4-7,12,14-15H2,1-3H3,(H,23,27)/t17-/m1/s1. The highest BCUT2D eigenvalue weighted by molar-refractivity contribution is 8.00. The molecule has 1 amide bonds. The Kier molecular flexibility index (Phi) is 7.31. The van der Waals surface area contributed by atoms with E-state index in [0.29, 0.717) is 6.54 Å². The van der Waals surface area contributed by atoms with Crippen LogP contribution in [0.3, 0.4) is 0 Å². The zero-order valence-corrected chi connectivity index (χ0v) is 17.9. The fraction of sp³-hybridized carbons (Fsp3) is 0.500. The van der Waals surface area contributed by atoms with Crippen molar-refractivity contribution in [1.29, 1.82) is 0 Å². The van der Waals surface area contributed by atoms with Gasteiger partial charge in [-0.1, -0.05) is 47.7 Å². The molecule has 6 heteroatoms. The second-order valence-electron chi connectivity index (χ2n) is 7.27. The number of rotatable bonds is 8. The molecule has 1 aliphatic rings. The van der Waals surface area contributed by atoms with Gasteiger partial charge in [-0.3, -0.25) is 4.79 Å². The highest BCUT2D eigenvalue weighted by Gasteiger charge is 2.20. The first-order valence-corrected chi connectivity index (χ1v) is 11.1. The van der Waals surface area contributed by atoms with Crippen LogP contribution in [0.1, 0.15) is 51.5 Å². The smallest absolute Gasteiger partial charge is 0.233 e. The predicted molar refractivity (Wildman–Crippen MR) is 115 cm³/mol. The molecule has 0 unspecified atom stereocenters. The lowest BCUT2D eigenvalue weighted by Crippen LogP contribution is -2.32. The zero-order chi connectivity index (χ0) is 19.9. The van der Waals surface area contributed by atoms with Gasteiger partial charge in [0.05, 0.1) is 5.25 Å². The predicted octanol–water partition coefficient (Wildman–Crippen LogP) is 4.76. The number of nitrogens with one attached hydrogen (secondary N) is 1. The number of nitrogens with zero attached hydrogens (tertiary/aromatic N) is 3. The number of carbonyl (C=O) groups is 1. The maximum atomic E-state index is 12.5. The summed E-state index contributed by atoms with van der Waals surface area (Å²) in [7, 11) is 0. The second kappa shape index (κ2) is 9.92. The zero-order valence-electron chi connectivity index (χ0n) is 17.1. The Bertz CT molecular complexity index is 843. The molecule has 0 saturated heterocycles. The normalized spacial score (nSPS) is 15.2. The number of aromatic nitrogens is 3. The van der Waals surface area contributed by atoms with Crippen LogP contribution in [0.2, 0.25) is 0 Å². The van der Waals surface area contributed by atoms with E-state index in [1.54, 1.807) is 0 Å². The highest BCUT2D eigenvalue weighted by Crippen LogP contribution is 2.28. The number of aryl methyl sites for hydroxylation is 1. The fourth-order valence-electron chi connectivity index (χ4n) is 3.52. The Hall–Kier alpha value is -2.08. The molecule has 1 heterocycles. The van der Waals surface area contributed by atoms with E-state index < -0.39 is 0 Å².